The van der Waals surface area contributed by atoms with Crippen molar-refractivity contribution in [1.29, 1.82) is 0 Å². The number of amides is 1. The molecular formula is C20H24N2O4. The minimum atomic E-state index is -0.521. The second-order valence-electron chi connectivity index (χ2n) is 6.71. The fourth-order valence-corrected chi connectivity index (χ4v) is 3.67. The van der Waals surface area contributed by atoms with Crippen LogP contribution in [0.25, 0.3) is 0 Å². The maximum atomic E-state index is 12.0. The van der Waals surface area contributed by atoms with Gasteiger partial charge < -0.3 is 15.2 Å². The van der Waals surface area contributed by atoms with Gasteiger partial charge >= 0.3 is 5.97 Å². The first-order valence-corrected chi connectivity index (χ1v) is 9.03. The van der Waals surface area contributed by atoms with Gasteiger partial charge in [-0.05, 0) is 69.4 Å². The van der Waals surface area contributed by atoms with Crippen molar-refractivity contribution in [2.45, 2.75) is 51.6 Å². The summed E-state index contributed by atoms with van der Waals surface area (Å²) in [5, 5.41) is 0. The zero-order valence-corrected chi connectivity index (χ0v) is 15.2. The van der Waals surface area contributed by atoms with E-state index in [1.54, 1.807) is 31.2 Å². The third kappa shape index (κ3) is 3.36. The molecule has 1 saturated carbocycles. The first-order chi connectivity index (χ1) is 12.5. The molecular weight excluding hydrogens is 332 g/mol. The van der Waals surface area contributed by atoms with Crippen LogP contribution < -0.4 is 5.73 Å². The van der Waals surface area contributed by atoms with E-state index in [1.807, 2.05) is 6.92 Å². The quantitative estimate of drug-likeness (QED) is 0.837. The molecule has 0 atom stereocenters. The van der Waals surface area contributed by atoms with Gasteiger partial charge in [-0.15, -0.1) is 0 Å². The molecule has 0 aromatic heterocycles. The lowest BCUT2D eigenvalue weighted by Gasteiger charge is -2.34. The van der Waals surface area contributed by atoms with Crippen LogP contribution in [0, 0.1) is 0 Å². The molecule has 6 heteroatoms. The number of primary amides is 1. The number of ether oxygens (including phenoxy) is 2. The Bertz CT molecular complexity index is 772. The maximum Gasteiger partial charge on any atom is 0.338 e. The standard InChI is InChI=1S/C20H24N2O4/c1-3-25-19(24)14-7-9-15(10-8-14)22-18-16(17(21)23)13(2)20(26-18)11-5-4-6-12-20/h7-10H,3-6,11-12H2,1-2H3,(H2,21,23). The molecule has 1 aromatic carbocycles. The van der Waals surface area contributed by atoms with Crippen LogP contribution in [-0.4, -0.2) is 30.0 Å². The highest BCUT2D eigenvalue weighted by Gasteiger charge is 2.46. The Labute approximate surface area is 153 Å². The van der Waals surface area contributed by atoms with Gasteiger partial charge in [0, 0.05) is 0 Å². The summed E-state index contributed by atoms with van der Waals surface area (Å²) in [6.45, 7) is 4.00. The zero-order valence-electron chi connectivity index (χ0n) is 15.2. The molecule has 138 valence electrons. The van der Waals surface area contributed by atoms with Gasteiger partial charge in [0.2, 0.25) is 5.90 Å². The average Bonchev–Trinajstić information content (AvgIpc) is 2.88. The summed E-state index contributed by atoms with van der Waals surface area (Å²) < 4.78 is 11.2. The summed E-state index contributed by atoms with van der Waals surface area (Å²) in [5.41, 5.74) is 7.45. The van der Waals surface area contributed by atoms with Gasteiger partial charge in [0.15, 0.2) is 0 Å². The second kappa shape index (κ2) is 7.32. The van der Waals surface area contributed by atoms with Crippen molar-refractivity contribution in [2.24, 2.45) is 10.7 Å². The van der Waals surface area contributed by atoms with Crippen LogP contribution in [-0.2, 0) is 14.3 Å². The molecule has 1 aliphatic carbocycles. The molecule has 1 fully saturated rings. The predicted octanol–water partition coefficient (Wildman–Crippen LogP) is 3.43. The lowest BCUT2D eigenvalue weighted by molar-refractivity contribution is -0.114. The molecule has 0 unspecified atom stereocenters. The number of carbonyl (C=O) groups is 2. The van der Waals surface area contributed by atoms with Gasteiger partial charge in [-0.25, -0.2) is 9.79 Å². The Morgan fingerprint density at radius 2 is 1.85 bits per heavy atom. The summed E-state index contributed by atoms with van der Waals surface area (Å²) >= 11 is 0. The van der Waals surface area contributed by atoms with Gasteiger partial charge in [-0.2, -0.15) is 0 Å². The number of esters is 1. The van der Waals surface area contributed by atoms with E-state index in [0.717, 1.165) is 31.3 Å². The highest BCUT2D eigenvalue weighted by Crippen LogP contribution is 2.44. The summed E-state index contributed by atoms with van der Waals surface area (Å²) in [6, 6.07) is 6.68. The topological polar surface area (TPSA) is 91.0 Å². The fraction of sp³-hybridized carbons (Fsp3) is 0.450. The van der Waals surface area contributed by atoms with E-state index in [9.17, 15) is 9.59 Å². The van der Waals surface area contributed by atoms with Crippen molar-refractivity contribution < 1.29 is 19.1 Å². The Kier molecular flexibility index (Phi) is 5.11. The van der Waals surface area contributed by atoms with Crippen molar-refractivity contribution in [2.75, 3.05) is 6.61 Å². The molecule has 0 radical (unpaired) electrons. The third-order valence-electron chi connectivity index (χ3n) is 5.08. The van der Waals surface area contributed by atoms with Crippen LogP contribution in [0.1, 0.15) is 56.3 Å². The largest absolute Gasteiger partial charge is 0.466 e. The number of carbonyl (C=O) groups excluding carboxylic acids is 2. The normalized spacial score (nSPS) is 20.3. The van der Waals surface area contributed by atoms with Crippen LogP contribution in [0.5, 0.6) is 0 Å². The monoisotopic (exact) mass is 356 g/mol. The lowest BCUT2D eigenvalue weighted by atomic mass is 9.79. The Hall–Kier alpha value is -2.63. The molecule has 0 bridgehead atoms. The average molecular weight is 356 g/mol. The Balaban J connectivity index is 1.90. The maximum absolute atomic E-state index is 12.0. The van der Waals surface area contributed by atoms with E-state index < -0.39 is 11.5 Å². The Morgan fingerprint density at radius 1 is 1.19 bits per heavy atom. The van der Waals surface area contributed by atoms with Crippen molar-refractivity contribution >= 4 is 23.5 Å². The molecule has 2 N–H and O–H groups in total. The Morgan fingerprint density at radius 3 is 2.42 bits per heavy atom. The molecule has 26 heavy (non-hydrogen) atoms. The molecule has 1 heterocycles. The highest BCUT2D eigenvalue weighted by atomic mass is 16.5. The van der Waals surface area contributed by atoms with E-state index in [0.29, 0.717) is 23.4 Å². The van der Waals surface area contributed by atoms with Crippen LogP contribution in [0.15, 0.2) is 40.4 Å². The smallest absolute Gasteiger partial charge is 0.338 e. The van der Waals surface area contributed by atoms with Gasteiger partial charge in [0.25, 0.3) is 5.91 Å². The van der Waals surface area contributed by atoms with Gasteiger partial charge in [-0.3, -0.25) is 4.79 Å². The number of nitrogens with two attached hydrogens (primary N) is 1. The molecule has 1 aromatic rings. The summed E-state index contributed by atoms with van der Waals surface area (Å²) in [5.74, 6) is -0.619. The van der Waals surface area contributed by atoms with Crippen LogP contribution in [0.3, 0.4) is 0 Å². The number of aliphatic imine (C=N–C) groups is 1. The number of hydrogen-bond acceptors (Lipinski definition) is 5. The lowest BCUT2D eigenvalue weighted by Crippen LogP contribution is -2.33. The minimum Gasteiger partial charge on any atom is -0.466 e. The molecule has 2 aliphatic rings. The fourth-order valence-electron chi connectivity index (χ4n) is 3.67. The van der Waals surface area contributed by atoms with E-state index in [4.69, 9.17) is 15.2 Å². The van der Waals surface area contributed by atoms with Gasteiger partial charge in [0.05, 0.1) is 17.9 Å². The summed E-state index contributed by atoms with van der Waals surface area (Å²) in [6.07, 6.45) is 5.04. The molecule has 6 nitrogen and oxygen atoms in total. The van der Waals surface area contributed by atoms with E-state index in [2.05, 4.69) is 4.99 Å². The number of benzene rings is 1. The minimum absolute atomic E-state index is 0.279. The molecule has 0 saturated heterocycles. The number of rotatable bonds is 4. The SMILES string of the molecule is CCOC(=O)c1ccc(N=C2OC3(CCCCC3)C(C)=C2C(N)=O)cc1. The van der Waals surface area contributed by atoms with Crippen molar-refractivity contribution in [3.63, 3.8) is 0 Å². The van der Waals surface area contributed by atoms with Crippen molar-refractivity contribution in [3.8, 4) is 0 Å². The molecule has 3 rings (SSSR count). The first kappa shape index (κ1) is 18.2. The number of nitrogens with zero attached hydrogens (tertiary/aromatic N) is 1. The summed E-state index contributed by atoms with van der Waals surface area (Å²) in [4.78, 5) is 28.2. The molecule has 1 aliphatic heterocycles. The van der Waals surface area contributed by atoms with Crippen molar-refractivity contribution in [1.82, 2.24) is 0 Å². The van der Waals surface area contributed by atoms with E-state index >= 15 is 0 Å². The molecule has 1 amide bonds. The number of hydrogen-bond donors (Lipinski definition) is 1. The third-order valence-corrected chi connectivity index (χ3v) is 5.08. The first-order valence-electron chi connectivity index (χ1n) is 9.03. The predicted molar refractivity (Wildman–Crippen MR) is 98.3 cm³/mol. The van der Waals surface area contributed by atoms with Gasteiger partial charge in [0.1, 0.15) is 11.2 Å². The summed E-state index contributed by atoms with van der Waals surface area (Å²) in [7, 11) is 0. The van der Waals surface area contributed by atoms with Gasteiger partial charge in [-0.1, -0.05) is 6.42 Å². The van der Waals surface area contributed by atoms with Crippen LogP contribution in [0.2, 0.25) is 0 Å². The van der Waals surface area contributed by atoms with E-state index in [1.165, 1.54) is 6.42 Å². The van der Waals surface area contributed by atoms with Crippen LogP contribution >= 0.6 is 0 Å². The van der Waals surface area contributed by atoms with Crippen molar-refractivity contribution in [3.05, 3.63) is 41.0 Å². The molecule has 1 spiro atoms. The van der Waals surface area contributed by atoms with Crippen LogP contribution in [0.4, 0.5) is 5.69 Å². The second-order valence-corrected chi connectivity index (χ2v) is 6.71. The highest BCUT2D eigenvalue weighted by molar-refractivity contribution is 6.20. The zero-order chi connectivity index (χ0) is 18.7. The van der Waals surface area contributed by atoms with E-state index in [-0.39, 0.29) is 11.9 Å².